The van der Waals surface area contributed by atoms with E-state index in [-0.39, 0.29) is 44.7 Å². The average Bonchev–Trinajstić information content (AvgIpc) is 2.15. The summed E-state index contributed by atoms with van der Waals surface area (Å²) in [6.45, 7) is 6.72. The first-order valence-electron chi connectivity index (χ1n) is 5.28. The molecule has 1 amide bonds. The van der Waals surface area contributed by atoms with Gasteiger partial charge in [-0.3, -0.25) is 6.29 Å². The first kappa shape index (κ1) is 16.0. The third-order valence-corrected chi connectivity index (χ3v) is 2.31. The summed E-state index contributed by atoms with van der Waals surface area (Å²) in [7, 11) is 0. The molecule has 4 nitrogen and oxygen atoms in total. The molecule has 1 fully saturated rings. The molecule has 16 heavy (non-hydrogen) atoms. The molecular weight excluding hydrogens is 283 g/mol. The Hall–Kier alpha value is 0.0439. The van der Waals surface area contributed by atoms with Crippen LogP contribution in [0.1, 0.15) is 33.6 Å². The van der Waals surface area contributed by atoms with Crippen molar-refractivity contribution in [2.45, 2.75) is 39.2 Å². The van der Waals surface area contributed by atoms with Crippen LogP contribution in [0.15, 0.2) is 0 Å². The molecular formula is C11H18NO3Y-. The van der Waals surface area contributed by atoms with Gasteiger partial charge in [-0.1, -0.05) is 12.8 Å². The molecule has 1 radical (unpaired) electrons. The van der Waals surface area contributed by atoms with Gasteiger partial charge in [0, 0.05) is 45.8 Å². The van der Waals surface area contributed by atoms with Crippen molar-refractivity contribution in [3.05, 3.63) is 0 Å². The van der Waals surface area contributed by atoms with Crippen LogP contribution in [0.5, 0.6) is 0 Å². The molecule has 5 heteroatoms. The summed E-state index contributed by atoms with van der Waals surface area (Å²) in [5.41, 5.74) is -0.454. The monoisotopic (exact) mass is 301 g/mol. The number of likely N-dealkylation sites (tertiary alicyclic amines) is 1. The molecule has 0 N–H and O–H groups in total. The van der Waals surface area contributed by atoms with E-state index in [0.29, 0.717) is 25.9 Å². The van der Waals surface area contributed by atoms with Crippen molar-refractivity contribution in [3.8, 4) is 0 Å². The van der Waals surface area contributed by atoms with Crippen molar-refractivity contribution < 1.29 is 47.0 Å². The van der Waals surface area contributed by atoms with Gasteiger partial charge in [0.05, 0.1) is 0 Å². The van der Waals surface area contributed by atoms with Gasteiger partial charge >= 0.3 is 6.09 Å². The first-order valence-corrected chi connectivity index (χ1v) is 5.28. The maximum atomic E-state index is 11.6. The maximum Gasteiger partial charge on any atom is 0.410 e. The van der Waals surface area contributed by atoms with Gasteiger partial charge < -0.3 is 14.4 Å². The van der Waals surface area contributed by atoms with E-state index in [1.807, 2.05) is 27.1 Å². The van der Waals surface area contributed by atoms with Gasteiger partial charge in [-0.2, -0.15) is 0 Å². The minimum atomic E-state index is -0.454. The fraction of sp³-hybridized carbons (Fsp3) is 0.818. The number of hydrogen-bond donors (Lipinski definition) is 0. The van der Waals surface area contributed by atoms with Crippen LogP contribution in [0.3, 0.4) is 0 Å². The predicted octanol–water partition coefficient (Wildman–Crippen LogP) is 1.74. The van der Waals surface area contributed by atoms with Gasteiger partial charge in [0.2, 0.25) is 0 Å². The minimum absolute atomic E-state index is 0. The van der Waals surface area contributed by atoms with Crippen LogP contribution in [0, 0.1) is 5.92 Å². The molecule has 1 aliphatic heterocycles. The number of ether oxygens (including phenoxy) is 1. The summed E-state index contributed by atoms with van der Waals surface area (Å²) in [5, 5.41) is 0. The van der Waals surface area contributed by atoms with E-state index in [1.165, 1.54) is 0 Å². The number of carbonyl (C=O) groups excluding carboxylic acids is 2. The zero-order valence-electron chi connectivity index (χ0n) is 10.2. The van der Waals surface area contributed by atoms with E-state index in [0.717, 1.165) is 0 Å². The van der Waals surface area contributed by atoms with Crippen LogP contribution in [0.25, 0.3) is 0 Å². The molecule has 0 aromatic carbocycles. The number of hydrogen-bond acceptors (Lipinski definition) is 3. The van der Waals surface area contributed by atoms with Gasteiger partial charge in [0.1, 0.15) is 5.60 Å². The molecule has 89 valence electrons. The second kappa shape index (κ2) is 6.70. The van der Waals surface area contributed by atoms with Crippen molar-refractivity contribution in [2.24, 2.45) is 5.92 Å². The Labute approximate surface area is 122 Å². The first-order chi connectivity index (χ1) is 6.92. The van der Waals surface area contributed by atoms with E-state index in [9.17, 15) is 9.59 Å². The molecule has 1 aliphatic rings. The Balaban J connectivity index is 0.00000225. The molecule has 1 rings (SSSR count). The van der Waals surface area contributed by atoms with Gasteiger partial charge in [-0.05, 0) is 20.8 Å². The van der Waals surface area contributed by atoms with Gasteiger partial charge in [-0.25, -0.2) is 4.79 Å². The topological polar surface area (TPSA) is 46.6 Å². The molecule has 0 aromatic rings. The molecule has 0 aromatic heterocycles. The van der Waals surface area contributed by atoms with Crippen molar-refractivity contribution >= 4 is 12.4 Å². The second-order valence-corrected chi connectivity index (χ2v) is 4.86. The number of carbonyl (C=O) groups is 1. The number of rotatable bonds is 1. The van der Waals surface area contributed by atoms with E-state index < -0.39 is 5.60 Å². The third kappa shape index (κ3) is 5.40. The molecule has 0 aliphatic carbocycles. The molecule has 1 saturated heterocycles. The maximum absolute atomic E-state index is 11.6. The van der Waals surface area contributed by atoms with Crippen molar-refractivity contribution in [3.63, 3.8) is 0 Å². The van der Waals surface area contributed by atoms with Crippen molar-refractivity contribution in [1.82, 2.24) is 4.90 Å². The van der Waals surface area contributed by atoms with Gasteiger partial charge in [-0.15, -0.1) is 5.92 Å². The van der Waals surface area contributed by atoms with E-state index >= 15 is 0 Å². The van der Waals surface area contributed by atoms with E-state index in [1.54, 1.807) is 4.90 Å². The molecule has 0 bridgehead atoms. The Morgan fingerprint density at radius 2 is 1.81 bits per heavy atom. The fourth-order valence-corrected chi connectivity index (χ4v) is 1.51. The number of nitrogens with zero attached hydrogens (tertiary/aromatic N) is 1. The summed E-state index contributed by atoms with van der Waals surface area (Å²) >= 11 is 0. The molecule has 0 atom stereocenters. The van der Waals surface area contributed by atoms with Crippen LogP contribution in [0.4, 0.5) is 4.79 Å². The predicted molar refractivity (Wildman–Crippen MR) is 56.2 cm³/mol. The van der Waals surface area contributed by atoms with Crippen LogP contribution in [0.2, 0.25) is 0 Å². The number of piperidine rings is 1. The van der Waals surface area contributed by atoms with Crippen LogP contribution >= 0.6 is 0 Å². The average molecular weight is 301 g/mol. The quantitative estimate of drug-likeness (QED) is 0.693. The summed E-state index contributed by atoms with van der Waals surface area (Å²) in [6, 6.07) is 0. The molecule has 0 unspecified atom stereocenters. The Kier molecular flexibility index (Phi) is 6.72. The summed E-state index contributed by atoms with van der Waals surface area (Å²) in [6.07, 6.45) is 3.09. The number of amides is 1. The normalized spacial score (nSPS) is 17.6. The Bertz CT molecular complexity index is 242. The fourth-order valence-electron chi connectivity index (χ4n) is 1.51. The van der Waals surface area contributed by atoms with Crippen LogP contribution in [-0.2, 0) is 42.2 Å². The second-order valence-electron chi connectivity index (χ2n) is 4.86. The summed E-state index contributed by atoms with van der Waals surface area (Å²) < 4.78 is 5.23. The largest absolute Gasteiger partial charge is 0.542 e. The Morgan fingerprint density at radius 3 is 2.19 bits per heavy atom. The summed E-state index contributed by atoms with van der Waals surface area (Å²) in [4.78, 5) is 23.7. The minimum Gasteiger partial charge on any atom is -0.542 e. The van der Waals surface area contributed by atoms with Gasteiger partial charge in [0.25, 0.3) is 0 Å². The standard InChI is InChI=1S/C11H18NO3.Y/c1-11(2,3)15-10(14)12-6-4-9(8-13)5-7-12;/h9H,4-7H2,1-3H3;/q-1;. The van der Waals surface area contributed by atoms with Crippen molar-refractivity contribution in [2.75, 3.05) is 13.1 Å². The van der Waals surface area contributed by atoms with Crippen molar-refractivity contribution in [1.29, 1.82) is 0 Å². The van der Waals surface area contributed by atoms with Crippen LogP contribution in [-0.4, -0.2) is 36.0 Å². The van der Waals surface area contributed by atoms with Gasteiger partial charge in [0.15, 0.2) is 0 Å². The zero-order valence-corrected chi connectivity index (χ0v) is 13.0. The van der Waals surface area contributed by atoms with E-state index in [4.69, 9.17) is 4.74 Å². The SMILES string of the molecule is CC(C)(C)OC(=O)N1CCC([C-]=O)CC1.[Y]. The zero-order chi connectivity index (χ0) is 11.5. The Morgan fingerprint density at radius 1 is 1.31 bits per heavy atom. The van der Waals surface area contributed by atoms with Crippen LogP contribution < -0.4 is 0 Å². The van der Waals surface area contributed by atoms with E-state index in [2.05, 4.69) is 0 Å². The molecule has 0 saturated carbocycles. The molecule has 1 heterocycles. The third-order valence-electron chi connectivity index (χ3n) is 2.31. The smallest absolute Gasteiger partial charge is 0.410 e. The summed E-state index contributed by atoms with van der Waals surface area (Å²) in [5.74, 6) is -0.0105. The molecule has 0 spiro atoms.